The van der Waals surface area contributed by atoms with Crippen LogP contribution in [0.15, 0.2) is 24.3 Å². The predicted octanol–water partition coefficient (Wildman–Crippen LogP) is 3.12. The SMILES string of the molecule is CC(C(=O)N1CCCC2CCCCC21)N1CCC2(CCC1=O)NC(=O)c1ccccc1N2. The Labute approximate surface area is 189 Å². The van der Waals surface area contributed by atoms with Crippen molar-refractivity contribution in [3.8, 4) is 0 Å². The molecule has 2 saturated heterocycles. The molecule has 0 bridgehead atoms. The lowest BCUT2D eigenvalue weighted by molar-refractivity contribution is -0.149. The van der Waals surface area contributed by atoms with Crippen LogP contribution >= 0.6 is 0 Å². The molecule has 1 aromatic carbocycles. The van der Waals surface area contributed by atoms with E-state index in [2.05, 4.69) is 15.5 Å². The van der Waals surface area contributed by atoms with E-state index in [1.165, 1.54) is 25.7 Å². The highest BCUT2D eigenvalue weighted by Crippen LogP contribution is 2.36. The van der Waals surface area contributed by atoms with Gasteiger partial charge in [0.1, 0.15) is 11.7 Å². The highest BCUT2D eigenvalue weighted by Gasteiger charge is 2.43. The molecule has 0 aromatic heterocycles. The first-order chi connectivity index (χ1) is 15.5. The lowest BCUT2D eigenvalue weighted by Crippen LogP contribution is -2.58. The van der Waals surface area contributed by atoms with Gasteiger partial charge in [-0.2, -0.15) is 0 Å². The van der Waals surface area contributed by atoms with Crippen LogP contribution in [0.3, 0.4) is 0 Å². The third kappa shape index (κ3) is 3.76. The summed E-state index contributed by atoms with van der Waals surface area (Å²) in [7, 11) is 0. The van der Waals surface area contributed by atoms with Crippen LogP contribution in [0.1, 0.15) is 75.1 Å². The summed E-state index contributed by atoms with van der Waals surface area (Å²) in [5.74, 6) is 0.603. The molecule has 1 saturated carbocycles. The molecule has 3 aliphatic heterocycles. The largest absolute Gasteiger partial charge is 0.362 e. The van der Waals surface area contributed by atoms with Crippen LogP contribution < -0.4 is 10.6 Å². The highest BCUT2D eigenvalue weighted by molar-refractivity contribution is 6.02. The van der Waals surface area contributed by atoms with Gasteiger partial charge in [0.15, 0.2) is 0 Å². The predicted molar refractivity (Wildman–Crippen MR) is 122 cm³/mol. The second-order valence-corrected chi connectivity index (χ2v) is 10.0. The second-order valence-electron chi connectivity index (χ2n) is 10.0. The first-order valence-electron chi connectivity index (χ1n) is 12.3. The van der Waals surface area contributed by atoms with Crippen molar-refractivity contribution in [1.29, 1.82) is 0 Å². The lowest BCUT2D eigenvalue weighted by Gasteiger charge is -2.46. The third-order valence-corrected chi connectivity index (χ3v) is 8.12. The van der Waals surface area contributed by atoms with Gasteiger partial charge in [-0.15, -0.1) is 0 Å². The number of benzene rings is 1. The quantitative estimate of drug-likeness (QED) is 0.743. The molecule has 4 unspecified atom stereocenters. The van der Waals surface area contributed by atoms with Crippen molar-refractivity contribution in [2.24, 2.45) is 5.92 Å². The molecule has 4 atom stereocenters. The maximum Gasteiger partial charge on any atom is 0.255 e. The van der Waals surface area contributed by atoms with Crippen molar-refractivity contribution in [2.45, 2.75) is 82.5 Å². The van der Waals surface area contributed by atoms with Crippen LogP contribution in [0.4, 0.5) is 5.69 Å². The number of rotatable bonds is 2. The first-order valence-corrected chi connectivity index (χ1v) is 12.3. The zero-order valence-corrected chi connectivity index (χ0v) is 18.9. The van der Waals surface area contributed by atoms with Gasteiger partial charge < -0.3 is 20.4 Å². The highest BCUT2D eigenvalue weighted by atomic mass is 16.2. The van der Waals surface area contributed by atoms with E-state index in [4.69, 9.17) is 0 Å². The van der Waals surface area contributed by atoms with Crippen LogP contribution in [0.5, 0.6) is 0 Å². The van der Waals surface area contributed by atoms with Crippen LogP contribution in [0.2, 0.25) is 0 Å². The first kappa shape index (κ1) is 21.3. The van der Waals surface area contributed by atoms with Gasteiger partial charge in [-0.3, -0.25) is 14.4 Å². The molecule has 3 heterocycles. The molecule has 2 N–H and O–H groups in total. The molecular weight excluding hydrogens is 404 g/mol. The van der Waals surface area contributed by atoms with Gasteiger partial charge in [0.05, 0.1) is 5.56 Å². The summed E-state index contributed by atoms with van der Waals surface area (Å²) >= 11 is 0. The average molecular weight is 439 g/mol. The number of hydrogen-bond donors (Lipinski definition) is 2. The van der Waals surface area contributed by atoms with E-state index < -0.39 is 11.7 Å². The van der Waals surface area contributed by atoms with Gasteiger partial charge in [-0.25, -0.2) is 0 Å². The van der Waals surface area contributed by atoms with E-state index in [0.717, 1.165) is 25.1 Å². The molecule has 1 aliphatic carbocycles. The molecule has 172 valence electrons. The number of likely N-dealkylation sites (tertiary alicyclic amines) is 2. The van der Waals surface area contributed by atoms with E-state index >= 15 is 0 Å². The number of hydrogen-bond acceptors (Lipinski definition) is 4. The molecule has 1 spiro atoms. The van der Waals surface area contributed by atoms with Crippen molar-refractivity contribution in [3.63, 3.8) is 0 Å². The normalized spacial score (nSPS) is 31.2. The molecule has 3 amide bonds. The Morgan fingerprint density at radius 2 is 1.81 bits per heavy atom. The number of piperidine rings is 1. The van der Waals surface area contributed by atoms with E-state index in [9.17, 15) is 14.4 Å². The number of nitrogens with zero attached hydrogens (tertiary/aromatic N) is 2. The summed E-state index contributed by atoms with van der Waals surface area (Å²) in [4.78, 5) is 43.2. The van der Waals surface area contributed by atoms with E-state index in [0.29, 0.717) is 43.3 Å². The topological polar surface area (TPSA) is 81.8 Å². The molecular formula is C25H34N4O3. The van der Waals surface area contributed by atoms with Gasteiger partial charge in [-0.1, -0.05) is 25.0 Å². The second kappa shape index (κ2) is 8.41. The summed E-state index contributed by atoms with van der Waals surface area (Å²) in [5.41, 5.74) is 0.775. The Morgan fingerprint density at radius 1 is 1.03 bits per heavy atom. The number of fused-ring (bicyclic) bond motifs is 2. The number of carbonyl (C=O) groups is 3. The molecule has 32 heavy (non-hydrogen) atoms. The van der Waals surface area contributed by atoms with E-state index in [1.807, 2.05) is 25.1 Å². The van der Waals surface area contributed by atoms with Crippen LogP contribution in [-0.4, -0.2) is 58.4 Å². The van der Waals surface area contributed by atoms with Crippen LogP contribution in [0, 0.1) is 5.92 Å². The van der Waals surface area contributed by atoms with E-state index in [1.54, 1.807) is 11.0 Å². The fraction of sp³-hybridized carbons (Fsp3) is 0.640. The molecule has 7 nitrogen and oxygen atoms in total. The maximum atomic E-state index is 13.5. The molecule has 0 radical (unpaired) electrons. The summed E-state index contributed by atoms with van der Waals surface area (Å²) in [6, 6.07) is 7.34. The molecule has 1 aromatic rings. The fourth-order valence-corrected chi connectivity index (χ4v) is 6.32. The number of anilines is 1. The van der Waals surface area contributed by atoms with E-state index in [-0.39, 0.29) is 17.7 Å². The number of amides is 3. The number of nitrogens with one attached hydrogen (secondary N) is 2. The summed E-state index contributed by atoms with van der Waals surface area (Å²) in [6.07, 6.45) is 8.45. The smallest absolute Gasteiger partial charge is 0.255 e. The summed E-state index contributed by atoms with van der Waals surface area (Å²) in [5, 5.41) is 6.60. The Morgan fingerprint density at radius 3 is 2.69 bits per heavy atom. The van der Waals surface area contributed by atoms with Gasteiger partial charge >= 0.3 is 0 Å². The minimum absolute atomic E-state index is 0.00478. The Kier molecular flexibility index (Phi) is 5.59. The maximum absolute atomic E-state index is 13.5. The minimum atomic E-state index is -0.655. The van der Waals surface area contributed by atoms with Crippen molar-refractivity contribution < 1.29 is 14.4 Å². The fourth-order valence-electron chi connectivity index (χ4n) is 6.32. The summed E-state index contributed by atoms with van der Waals surface area (Å²) in [6.45, 7) is 3.14. The standard InChI is InChI=1S/C25H34N4O3/c1-17(24(32)29-15-6-8-18-7-2-5-11-21(18)29)28-16-14-25(13-12-22(28)30)26-20-10-4-3-9-19(20)23(31)27-25/h3-4,9-10,17-18,21,26H,2,5-8,11-16H2,1H3,(H,27,31). The zero-order valence-electron chi connectivity index (χ0n) is 18.9. The molecule has 4 aliphatic rings. The Balaban J connectivity index is 1.30. The Hall–Kier alpha value is -2.57. The van der Waals surface area contributed by atoms with Crippen LogP contribution in [-0.2, 0) is 9.59 Å². The monoisotopic (exact) mass is 438 g/mol. The molecule has 3 fully saturated rings. The lowest BCUT2D eigenvalue weighted by atomic mass is 9.78. The number of carbonyl (C=O) groups excluding carboxylic acids is 3. The van der Waals surface area contributed by atoms with Crippen LogP contribution in [0.25, 0.3) is 0 Å². The summed E-state index contributed by atoms with van der Waals surface area (Å²) < 4.78 is 0. The van der Waals surface area contributed by atoms with Gasteiger partial charge in [0, 0.05) is 37.7 Å². The number of para-hydroxylation sites is 1. The van der Waals surface area contributed by atoms with Crippen molar-refractivity contribution in [3.05, 3.63) is 29.8 Å². The minimum Gasteiger partial charge on any atom is -0.362 e. The molecule has 5 rings (SSSR count). The Bertz CT molecular complexity index is 916. The van der Waals surface area contributed by atoms with Gasteiger partial charge in [-0.05, 0) is 57.1 Å². The van der Waals surface area contributed by atoms with Crippen molar-refractivity contribution >= 4 is 23.4 Å². The molecule has 7 heteroatoms. The van der Waals surface area contributed by atoms with Gasteiger partial charge in [0.25, 0.3) is 5.91 Å². The van der Waals surface area contributed by atoms with Crippen molar-refractivity contribution in [2.75, 3.05) is 18.4 Å². The third-order valence-electron chi connectivity index (χ3n) is 8.12. The van der Waals surface area contributed by atoms with Crippen molar-refractivity contribution in [1.82, 2.24) is 15.1 Å². The zero-order chi connectivity index (χ0) is 22.3. The van der Waals surface area contributed by atoms with Gasteiger partial charge in [0.2, 0.25) is 11.8 Å². The average Bonchev–Trinajstić information content (AvgIpc) is 2.96.